The molecule has 0 spiro atoms. The van der Waals surface area contributed by atoms with Crippen LogP contribution in [0.3, 0.4) is 0 Å². The lowest BCUT2D eigenvalue weighted by molar-refractivity contribution is 0.475. The number of phenolic OH excluding ortho intramolecular Hbond substituents is 1. The molecule has 1 unspecified atom stereocenters. The summed E-state index contributed by atoms with van der Waals surface area (Å²) < 4.78 is 22.3. The lowest BCUT2D eigenvalue weighted by Crippen LogP contribution is -2.18. The molecular weight excluding hydrogens is 200 g/mol. The second-order valence-corrected chi connectivity index (χ2v) is 5.97. The molecule has 0 fully saturated rings. The van der Waals surface area contributed by atoms with E-state index in [1.54, 1.807) is 31.2 Å². The second kappa shape index (κ2) is 4.00. The van der Waals surface area contributed by atoms with Crippen LogP contribution in [0.1, 0.15) is 12.5 Å². The van der Waals surface area contributed by atoms with Crippen LogP contribution < -0.4 is 0 Å². The van der Waals surface area contributed by atoms with Gasteiger partial charge in [-0.1, -0.05) is 12.1 Å². The van der Waals surface area contributed by atoms with Gasteiger partial charge in [0.1, 0.15) is 15.6 Å². The Morgan fingerprint density at radius 1 is 1.29 bits per heavy atom. The minimum atomic E-state index is -2.97. The SMILES string of the molecule is CC(Cc1ccc(O)cc1)S(C)(=O)=O. The lowest BCUT2D eigenvalue weighted by Gasteiger charge is -2.08. The van der Waals surface area contributed by atoms with Crippen molar-refractivity contribution in [3.63, 3.8) is 0 Å². The molecule has 0 saturated heterocycles. The van der Waals surface area contributed by atoms with Gasteiger partial charge < -0.3 is 5.11 Å². The van der Waals surface area contributed by atoms with Gasteiger partial charge in [-0.15, -0.1) is 0 Å². The number of rotatable bonds is 3. The van der Waals surface area contributed by atoms with E-state index in [9.17, 15) is 8.42 Å². The minimum absolute atomic E-state index is 0.195. The summed E-state index contributed by atoms with van der Waals surface area (Å²) in [5.74, 6) is 0.195. The van der Waals surface area contributed by atoms with E-state index >= 15 is 0 Å². The molecule has 1 atom stereocenters. The Kier molecular flexibility index (Phi) is 3.16. The van der Waals surface area contributed by atoms with Crippen LogP contribution in [-0.4, -0.2) is 25.0 Å². The van der Waals surface area contributed by atoms with Gasteiger partial charge in [-0.25, -0.2) is 8.42 Å². The maximum Gasteiger partial charge on any atom is 0.150 e. The molecule has 1 aromatic rings. The third kappa shape index (κ3) is 3.03. The molecule has 0 aliphatic rings. The Morgan fingerprint density at radius 2 is 1.79 bits per heavy atom. The second-order valence-electron chi connectivity index (χ2n) is 3.51. The van der Waals surface area contributed by atoms with Gasteiger partial charge in [0.25, 0.3) is 0 Å². The summed E-state index contributed by atoms with van der Waals surface area (Å²) in [6.07, 6.45) is 1.72. The average molecular weight is 214 g/mol. The van der Waals surface area contributed by atoms with Crippen LogP contribution >= 0.6 is 0 Å². The van der Waals surface area contributed by atoms with E-state index in [-0.39, 0.29) is 11.0 Å². The fourth-order valence-electron chi connectivity index (χ4n) is 1.12. The number of phenols is 1. The highest BCUT2D eigenvalue weighted by Gasteiger charge is 2.14. The van der Waals surface area contributed by atoms with Gasteiger partial charge in [-0.3, -0.25) is 0 Å². The van der Waals surface area contributed by atoms with E-state index in [1.165, 1.54) is 6.26 Å². The van der Waals surface area contributed by atoms with Crippen LogP contribution in [0.2, 0.25) is 0 Å². The van der Waals surface area contributed by atoms with E-state index in [2.05, 4.69) is 0 Å². The fourth-order valence-corrected chi connectivity index (χ4v) is 1.61. The highest BCUT2D eigenvalue weighted by atomic mass is 32.2. The zero-order chi connectivity index (χ0) is 10.8. The van der Waals surface area contributed by atoms with E-state index in [4.69, 9.17) is 5.11 Å². The summed E-state index contributed by atoms with van der Waals surface area (Å²) in [6, 6.07) is 6.59. The average Bonchev–Trinajstić information content (AvgIpc) is 2.07. The maximum atomic E-state index is 11.2. The maximum absolute atomic E-state index is 11.2. The van der Waals surface area contributed by atoms with Gasteiger partial charge >= 0.3 is 0 Å². The molecule has 3 nitrogen and oxygen atoms in total. The normalized spacial score (nSPS) is 13.9. The standard InChI is InChI=1S/C10H14O3S/c1-8(14(2,12)13)7-9-3-5-10(11)6-4-9/h3-6,8,11H,7H2,1-2H3. The summed E-state index contributed by atoms with van der Waals surface area (Å²) in [6.45, 7) is 1.68. The highest BCUT2D eigenvalue weighted by Crippen LogP contribution is 2.13. The number of aromatic hydroxyl groups is 1. The molecule has 14 heavy (non-hydrogen) atoms. The lowest BCUT2D eigenvalue weighted by atomic mass is 10.1. The molecule has 0 bridgehead atoms. The Morgan fingerprint density at radius 3 is 2.21 bits per heavy atom. The smallest absolute Gasteiger partial charge is 0.150 e. The third-order valence-electron chi connectivity index (χ3n) is 2.19. The van der Waals surface area contributed by atoms with Gasteiger partial charge in [-0.2, -0.15) is 0 Å². The molecule has 0 saturated carbocycles. The molecule has 1 aromatic carbocycles. The van der Waals surface area contributed by atoms with Crippen LogP contribution in [0.4, 0.5) is 0 Å². The number of sulfone groups is 1. The largest absolute Gasteiger partial charge is 0.508 e. The van der Waals surface area contributed by atoms with Crippen molar-refractivity contribution in [2.45, 2.75) is 18.6 Å². The van der Waals surface area contributed by atoms with Crippen LogP contribution in [0.15, 0.2) is 24.3 Å². The van der Waals surface area contributed by atoms with Crippen LogP contribution in [0.5, 0.6) is 5.75 Å². The predicted molar refractivity (Wildman–Crippen MR) is 56.1 cm³/mol. The molecule has 78 valence electrons. The van der Waals surface area contributed by atoms with Gasteiger partial charge in [0, 0.05) is 6.26 Å². The Bertz CT molecular complexity index is 392. The Balaban J connectivity index is 2.75. The first kappa shape index (κ1) is 11.0. The summed E-state index contributed by atoms with van der Waals surface area (Å²) in [5.41, 5.74) is 0.917. The number of hydrogen-bond donors (Lipinski definition) is 1. The molecule has 1 rings (SSSR count). The monoisotopic (exact) mass is 214 g/mol. The number of hydrogen-bond acceptors (Lipinski definition) is 3. The molecular formula is C10H14O3S. The van der Waals surface area contributed by atoms with Gasteiger partial charge in [0.15, 0.2) is 0 Å². The van der Waals surface area contributed by atoms with Crippen molar-refractivity contribution in [2.75, 3.05) is 6.26 Å². The van der Waals surface area contributed by atoms with Crippen molar-refractivity contribution in [3.8, 4) is 5.75 Å². The van der Waals surface area contributed by atoms with Crippen LogP contribution in [-0.2, 0) is 16.3 Å². The molecule has 1 N–H and O–H groups in total. The Hall–Kier alpha value is -1.03. The topological polar surface area (TPSA) is 54.4 Å². The minimum Gasteiger partial charge on any atom is -0.508 e. The van der Waals surface area contributed by atoms with Gasteiger partial charge in [-0.05, 0) is 31.0 Å². The summed E-state index contributed by atoms with van der Waals surface area (Å²) in [5, 5.41) is 8.65. The molecule has 0 heterocycles. The van der Waals surface area contributed by atoms with Crippen LogP contribution in [0, 0.1) is 0 Å². The van der Waals surface area contributed by atoms with Crippen LogP contribution in [0.25, 0.3) is 0 Å². The first-order chi connectivity index (χ1) is 6.39. The van der Waals surface area contributed by atoms with Crippen molar-refractivity contribution in [1.82, 2.24) is 0 Å². The first-order valence-electron chi connectivity index (χ1n) is 4.36. The van der Waals surface area contributed by atoms with Crippen molar-refractivity contribution in [1.29, 1.82) is 0 Å². The third-order valence-corrected chi connectivity index (χ3v) is 3.82. The van der Waals surface area contributed by atoms with Crippen molar-refractivity contribution in [2.24, 2.45) is 0 Å². The van der Waals surface area contributed by atoms with Crippen molar-refractivity contribution in [3.05, 3.63) is 29.8 Å². The molecule has 4 heteroatoms. The van der Waals surface area contributed by atoms with Crippen molar-refractivity contribution >= 4 is 9.84 Å². The van der Waals surface area contributed by atoms with Gasteiger partial charge in [0.2, 0.25) is 0 Å². The zero-order valence-electron chi connectivity index (χ0n) is 8.27. The van der Waals surface area contributed by atoms with E-state index < -0.39 is 9.84 Å². The zero-order valence-corrected chi connectivity index (χ0v) is 9.08. The molecule has 0 amide bonds. The fraction of sp³-hybridized carbons (Fsp3) is 0.400. The highest BCUT2D eigenvalue weighted by molar-refractivity contribution is 7.91. The molecule has 0 aliphatic heterocycles. The predicted octanol–water partition coefficient (Wildman–Crippen LogP) is 1.37. The first-order valence-corrected chi connectivity index (χ1v) is 6.32. The summed E-state index contributed by atoms with van der Waals surface area (Å²) in [7, 11) is -2.97. The Labute approximate surface area is 84.3 Å². The summed E-state index contributed by atoms with van der Waals surface area (Å²) >= 11 is 0. The van der Waals surface area contributed by atoms with E-state index in [1.807, 2.05) is 0 Å². The quantitative estimate of drug-likeness (QED) is 0.826. The van der Waals surface area contributed by atoms with E-state index in [0.29, 0.717) is 6.42 Å². The summed E-state index contributed by atoms with van der Waals surface area (Å²) in [4.78, 5) is 0. The molecule has 0 radical (unpaired) electrons. The molecule has 0 aliphatic carbocycles. The van der Waals surface area contributed by atoms with Crippen molar-refractivity contribution < 1.29 is 13.5 Å². The number of benzene rings is 1. The molecule has 0 aromatic heterocycles. The van der Waals surface area contributed by atoms with Gasteiger partial charge in [0.05, 0.1) is 5.25 Å². The van der Waals surface area contributed by atoms with E-state index in [0.717, 1.165) is 5.56 Å².